The van der Waals surface area contributed by atoms with Crippen molar-refractivity contribution in [2.24, 2.45) is 0 Å². The van der Waals surface area contributed by atoms with Crippen LogP contribution in [0, 0.1) is 0 Å². The minimum Gasteiger partial charge on any atom is -0.444 e. The molecule has 2 aromatic heterocycles. The molecular weight excluding hydrogens is 236 g/mol. The van der Waals surface area contributed by atoms with Crippen molar-refractivity contribution in [1.82, 2.24) is 15.2 Å². The lowest BCUT2D eigenvalue weighted by molar-refractivity contribution is 0.0635. The summed E-state index contributed by atoms with van der Waals surface area (Å²) in [6, 6.07) is 2.93. The first-order valence-electron chi connectivity index (χ1n) is 5.42. The minimum atomic E-state index is -0.595. The first kappa shape index (κ1) is 12.2. The smallest absolute Gasteiger partial charge is 0.413 e. The molecule has 18 heavy (non-hydrogen) atoms. The van der Waals surface area contributed by atoms with Crippen LogP contribution in [0.25, 0.3) is 11.0 Å². The molecular formula is C11H14N4O3. The number of anilines is 1. The summed E-state index contributed by atoms with van der Waals surface area (Å²) < 4.78 is 5.11. The van der Waals surface area contributed by atoms with E-state index in [0.29, 0.717) is 16.9 Å². The van der Waals surface area contributed by atoms with Gasteiger partial charge in [0.15, 0.2) is 5.82 Å². The Morgan fingerprint density at radius 2 is 2.11 bits per heavy atom. The number of aromatic nitrogens is 3. The molecule has 0 aliphatic carbocycles. The number of carbonyl (C=O) groups excluding carboxylic acids is 1. The van der Waals surface area contributed by atoms with E-state index >= 15 is 0 Å². The van der Waals surface area contributed by atoms with E-state index in [9.17, 15) is 9.59 Å². The number of carbonyl (C=O) groups is 1. The number of hydrogen-bond donors (Lipinski definition) is 3. The molecule has 0 aliphatic rings. The minimum absolute atomic E-state index is 0.241. The summed E-state index contributed by atoms with van der Waals surface area (Å²) in [5.74, 6) is 0.315. The molecule has 1 amide bonds. The fourth-order valence-electron chi connectivity index (χ4n) is 1.43. The number of rotatable bonds is 1. The molecule has 0 saturated heterocycles. The third-order valence-electron chi connectivity index (χ3n) is 2.07. The van der Waals surface area contributed by atoms with Crippen LogP contribution in [0.5, 0.6) is 0 Å². The van der Waals surface area contributed by atoms with E-state index in [2.05, 4.69) is 20.5 Å². The number of amides is 1. The molecule has 2 heterocycles. The number of nitrogens with zero attached hydrogens (tertiary/aromatic N) is 1. The lowest BCUT2D eigenvalue weighted by atomic mass is 10.2. The maximum atomic E-state index is 11.6. The first-order valence-corrected chi connectivity index (χ1v) is 5.42. The van der Waals surface area contributed by atoms with Gasteiger partial charge in [-0.2, -0.15) is 5.10 Å². The van der Waals surface area contributed by atoms with E-state index in [4.69, 9.17) is 4.74 Å². The van der Waals surface area contributed by atoms with Gasteiger partial charge in [-0.1, -0.05) is 0 Å². The Kier molecular flexibility index (Phi) is 2.82. The Hall–Kier alpha value is -2.31. The number of ether oxygens (including phenoxy) is 1. The topological polar surface area (TPSA) is 99.9 Å². The summed E-state index contributed by atoms with van der Waals surface area (Å²) in [5, 5.41) is 9.65. The van der Waals surface area contributed by atoms with Gasteiger partial charge in [-0.3, -0.25) is 15.2 Å². The van der Waals surface area contributed by atoms with Crippen molar-refractivity contribution in [3.05, 3.63) is 22.5 Å². The maximum Gasteiger partial charge on any atom is 0.413 e. The standard InChI is InChI=1S/C11H14N4O3/c1-11(2,3)18-10(17)13-9-6-4-5-7(16)12-8(6)14-15-9/h4-5H,1-3H3,(H3,12,13,14,15,16,17). The molecule has 0 fully saturated rings. The largest absolute Gasteiger partial charge is 0.444 e. The van der Waals surface area contributed by atoms with Crippen molar-refractivity contribution in [2.45, 2.75) is 26.4 Å². The Morgan fingerprint density at radius 1 is 1.39 bits per heavy atom. The highest BCUT2D eigenvalue weighted by molar-refractivity contribution is 5.95. The Bertz CT molecular complexity index is 636. The van der Waals surface area contributed by atoms with Crippen LogP contribution in [0.4, 0.5) is 10.6 Å². The van der Waals surface area contributed by atoms with Gasteiger partial charge < -0.3 is 9.72 Å². The zero-order valence-corrected chi connectivity index (χ0v) is 10.3. The third-order valence-corrected chi connectivity index (χ3v) is 2.07. The van der Waals surface area contributed by atoms with Gasteiger partial charge >= 0.3 is 6.09 Å². The SMILES string of the molecule is CC(C)(C)OC(=O)Nc1n[nH]c2[nH]c(=O)ccc12. The third kappa shape index (κ3) is 2.68. The van der Waals surface area contributed by atoms with Gasteiger partial charge in [0, 0.05) is 6.07 Å². The second-order valence-corrected chi connectivity index (χ2v) is 4.81. The van der Waals surface area contributed by atoms with E-state index in [-0.39, 0.29) is 5.56 Å². The van der Waals surface area contributed by atoms with Crippen LogP contribution in [0.3, 0.4) is 0 Å². The van der Waals surface area contributed by atoms with Crippen LogP contribution in [-0.4, -0.2) is 26.9 Å². The van der Waals surface area contributed by atoms with Crippen molar-refractivity contribution in [3.8, 4) is 0 Å². The molecule has 0 aliphatic heterocycles. The molecule has 2 aromatic rings. The molecule has 7 heteroatoms. The van der Waals surface area contributed by atoms with Crippen molar-refractivity contribution in [1.29, 1.82) is 0 Å². The fraction of sp³-hybridized carbons (Fsp3) is 0.364. The normalized spacial score (nSPS) is 11.5. The highest BCUT2D eigenvalue weighted by atomic mass is 16.6. The number of aromatic amines is 2. The van der Waals surface area contributed by atoms with Crippen LogP contribution >= 0.6 is 0 Å². The molecule has 7 nitrogen and oxygen atoms in total. The lowest BCUT2D eigenvalue weighted by Gasteiger charge is -2.19. The summed E-state index contributed by atoms with van der Waals surface area (Å²) in [4.78, 5) is 25.2. The highest BCUT2D eigenvalue weighted by Crippen LogP contribution is 2.17. The van der Waals surface area contributed by atoms with Gasteiger partial charge in [0.1, 0.15) is 11.2 Å². The quantitative estimate of drug-likeness (QED) is 0.715. The van der Waals surface area contributed by atoms with Gasteiger partial charge in [-0.05, 0) is 26.8 Å². The molecule has 0 radical (unpaired) electrons. The summed E-state index contributed by atoms with van der Waals surface area (Å²) in [6.45, 7) is 5.31. The number of H-pyrrole nitrogens is 2. The Morgan fingerprint density at radius 3 is 2.78 bits per heavy atom. The lowest BCUT2D eigenvalue weighted by Crippen LogP contribution is -2.27. The van der Waals surface area contributed by atoms with Crippen LogP contribution in [-0.2, 0) is 4.74 Å². The molecule has 3 N–H and O–H groups in total. The predicted molar refractivity (Wildman–Crippen MR) is 66.6 cm³/mol. The molecule has 0 bridgehead atoms. The summed E-state index contributed by atoms with van der Waals surface area (Å²) in [6.07, 6.45) is -0.595. The summed E-state index contributed by atoms with van der Waals surface area (Å²) >= 11 is 0. The van der Waals surface area contributed by atoms with Crippen LogP contribution in [0.15, 0.2) is 16.9 Å². The van der Waals surface area contributed by atoms with Gasteiger partial charge in [-0.15, -0.1) is 0 Å². The van der Waals surface area contributed by atoms with Crippen molar-refractivity contribution in [3.63, 3.8) is 0 Å². The monoisotopic (exact) mass is 250 g/mol. The highest BCUT2D eigenvalue weighted by Gasteiger charge is 2.18. The number of hydrogen-bond acceptors (Lipinski definition) is 4. The molecule has 0 saturated carbocycles. The predicted octanol–water partition coefficient (Wildman–Crippen LogP) is 1.60. The van der Waals surface area contributed by atoms with Crippen LogP contribution in [0.1, 0.15) is 20.8 Å². The average Bonchev–Trinajstić information content (AvgIpc) is 2.57. The van der Waals surface area contributed by atoms with E-state index in [1.165, 1.54) is 6.07 Å². The Balaban J connectivity index is 2.22. The van der Waals surface area contributed by atoms with Crippen molar-refractivity contribution in [2.75, 3.05) is 5.32 Å². The molecule has 96 valence electrons. The van der Waals surface area contributed by atoms with Gasteiger partial charge in [0.2, 0.25) is 5.56 Å². The summed E-state index contributed by atoms with van der Waals surface area (Å²) in [5.41, 5.74) is -0.367. The Labute approximate surface area is 103 Å². The second kappa shape index (κ2) is 4.17. The second-order valence-electron chi connectivity index (χ2n) is 4.81. The number of fused-ring (bicyclic) bond motifs is 1. The van der Waals surface area contributed by atoms with E-state index in [1.807, 2.05) is 0 Å². The molecule has 0 unspecified atom stereocenters. The zero-order valence-electron chi connectivity index (χ0n) is 10.3. The van der Waals surface area contributed by atoms with Crippen molar-refractivity contribution < 1.29 is 9.53 Å². The molecule has 0 atom stereocenters. The van der Waals surface area contributed by atoms with E-state index in [1.54, 1.807) is 26.8 Å². The average molecular weight is 250 g/mol. The number of pyridine rings is 1. The van der Waals surface area contributed by atoms with E-state index in [0.717, 1.165) is 0 Å². The summed E-state index contributed by atoms with van der Waals surface area (Å²) in [7, 11) is 0. The fourth-order valence-corrected chi connectivity index (χ4v) is 1.43. The molecule has 0 aromatic carbocycles. The first-order chi connectivity index (χ1) is 8.35. The molecule has 0 spiro atoms. The van der Waals surface area contributed by atoms with Crippen molar-refractivity contribution >= 4 is 22.9 Å². The van der Waals surface area contributed by atoms with Crippen LogP contribution in [0.2, 0.25) is 0 Å². The number of nitrogens with one attached hydrogen (secondary N) is 3. The van der Waals surface area contributed by atoms with E-state index < -0.39 is 11.7 Å². The van der Waals surface area contributed by atoms with Gasteiger partial charge in [0.25, 0.3) is 0 Å². The zero-order chi connectivity index (χ0) is 13.3. The van der Waals surface area contributed by atoms with Gasteiger partial charge in [0.05, 0.1) is 5.39 Å². The maximum absolute atomic E-state index is 11.6. The van der Waals surface area contributed by atoms with Crippen LogP contribution < -0.4 is 10.9 Å². The van der Waals surface area contributed by atoms with Gasteiger partial charge in [-0.25, -0.2) is 4.79 Å². The molecule has 2 rings (SSSR count).